The van der Waals surface area contributed by atoms with E-state index < -0.39 is 0 Å². The maximum Gasteiger partial charge on any atom is 0.262 e. The minimum Gasteiger partial charge on any atom is -0.384 e. The highest BCUT2D eigenvalue weighted by molar-refractivity contribution is 5.94. The van der Waals surface area contributed by atoms with E-state index in [4.69, 9.17) is 15.9 Å². The Labute approximate surface area is 117 Å². The van der Waals surface area contributed by atoms with Crippen molar-refractivity contribution in [2.45, 2.75) is 6.54 Å². The van der Waals surface area contributed by atoms with Crippen LogP contribution in [0.2, 0.25) is 0 Å². The number of ether oxygens (including phenoxy) is 1. The van der Waals surface area contributed by atoms with E-state index in [0.717, 1.165) is 11.3 Å². The van der Waals surface area contributed by atoms with E-state index in [0.29, 0.717) is 13.2 Å². The third-order valence-electron chi connectivity index (χ3n) is 3.05. The van der Waals surface area contributed by atoms with Gasteiger partial charge >= 0.3 is 0 Å². The number of nitrogen functional groups attached to an aromatic ring is 1. The summed E-state index contributed by atoms with van der Waals surface area (Å²) in [5.74, 6) is -0.222. The van der Waals surface area contributed by atoms with Crippen LogP contribution in [0.5, 0.6) is 0 Å². The van der Waals surface area contributed by atoms with Crippen LogP contribution in [-0.2, 0) is 11.3 Å². The van der Waals surface area contributed by atoms with E-state index in [9.17, 15) is 4.79 Å². The molecule has 1 aromatic carbocycles. The normalized spacial score (nSPS) is 10.4. The van der Waals surface area contributed by atoms with Gasteiger partial charge in [0.1, 0.15) is 5.84 Å². The van der Waals surface area contributed by atoms with Gasteiger partial charge in [-0.3, -0.25) is 10.2 Å². The van der Waals surface area contributed by atoms with E-state index in [2.05, 4.69) is 0 Å². The number of amidine groups is 1. The number of hydrogen-bond donors (Lipinski definition) is 2. The van der Waals surface area contributed by atoms with Gasteiger partial charge in [0.25, 0.3) is 5.56 Å². The molecular formula is C15H17N3O2. The molecule has 0 saturated carbocycles. The Balaban J connectivity index is 2.60. The van der Waals surface area contributed by atoms with Crippen LogP contribution in [0.4, 0.5) is 0 Å². The average molecular weight is 271 g/mol. The molecule has 0 radical (unpaired) electrons. The van der Waals surface area contributed by atoms with Crippen LogP contribution in [0.25, 0.3) is 11.3 Å². The minimum atomic E-state index is -0.268. The van der Waals surface area contributed by atoms with Gasteiger partial charge in [-0.1, -0.05) is 30.3 Å². The van der Waals surface area contributed by atoms with Crippen molar-refractivity contribution in [3.05, 3.63) is 58.4 Å². The molecule has 3 N–H and O–H groups in total. The zero-order chi connectivity index (χ0) is 14.5. The molecule has 0 aliphatic carbocycles. The fraction of sp³-hybridized carbons (Fsp3) is 0.200. The monoisotopic (exact) mass is 271 g/mol. The molecule has 1 heterocycles. The highest BCUT2D eigenvalue weighted by Crippen LogP contribution is 2.17. The lowest BCUT2D eigenvalue weighted by Gasteiger charge is -2.14. The molecular weight excluding hydrogens is 254 g/mol. The first-order valence-electron chi connectivity index (χ1n) is 6.27. The summed E-state index contributed by atoms with van der Waals surface area (Å²) >= 11 is 0. The molecule has 0 spiro atoms. The van der Waals surface area contributed by atoms with Gasteiger partial charge in [0.2, 0.25) is 0 Å². The van der Waals surface area contributed by atoms with E-state index >= 15 is 0 Å². The molecule has 1 aromatic heterocycles. The highest BCUT2D eigenvalue weighted by Gasteiger charge is 2.11. The summed E-state index contributed by atoms with van der Waals surface area (Å²) in [4.78, 5) is 12.4. The molecule has 5 nitrogen and oxygen atoms in total. The third-order valence-corrected chi connectivity index (χ3v) is 3.05. The summed E-state index contributed by atoms with van der Waals surface area (Å²) < 4.78 is 6.64. The number of nitrogens with one attached hydrogen (secondary N) is 1. The Kier molecular flexibility index (Phi) is 4.32. The first-order valence-corrected chi connectivity index (χ1v) is 6.27. The largest absolute Gasteiger partial charge is 0.384 e. The summed E-state index contributed by atoms with van der Waals surface area (Å²) in [5.41, 5.74) is 7.11. The van der Waals surface area contributed by atoms with E-state index in [1.165, 1.54) is 0 Å². The lowest BCUT2D eigenvalue weighted by Crippen LogP contribution is -2.31. The fourth-order valence-corrected chi connectivity index (χ4v) is 2.05. The fourth-order valence-electron chi connectivity index (χ4n) is 2.05. The summed E-state index contributed by atoms with van der Waals surface area (Å²) in [6.07, 6.45) is 0. The van der Waals surface area contributed by atoms with Crippen molar-refractivity contribution in [2.75, 3.05) is 13.7 Å². The predicted molar refractivity (Wildman–Crippen MR) is 79.0 cm³/mol. The second-order valence-corrected chi connectivity index (χ2v) is 4.36. The maximum atomic E-state index is 12.4. The van der Waals surface area contributed by atoms with Gasteiger partial charge in [0.05, 0.1) is 17.9 Å². The minimum absolute atomic E-state index is 0.209. The van der Waals surface area contributed by atoms with Crippen molar-refractivity contribution in [1.29, 1.82) is 5.41 Å². The number of benzene rings is 1. The van der Waals surface area contributed by atoms with Crippen molar-refractivity contribution in [3.8, 4) is 11.3 Å². The van der Waals surface area contributed by atoms with Gasteiger partial charge in [-0.05, 0) is 17.7 Å². The van der Waals surface area contributed by atoms with Crippen molar-refractivity contribution in [1.82, 2.24) is 4.57 Å². The Morgan fingerprint density at radius 1 is 1.25 bits per heavy atom. The lowest BCUT2D eigenvalue weighted by atomic mass is 10.1. The topological polar surface area (TPSA) is 81.1 Å². The molecule has 0 amide bonds. The van der Waals surface area contributed by atoms with Crippen LogP contribution in [0, 0.1) is 5.41 Å². The van der Waals surface area contributed by atoms with Crippen molar-refractivity contribution in [2.24, 2.45) is 5.73 Å². The molecule has 0 fully saturated rings. The summed E-state index contributed by atoms with van der Waals surface area (Å²) in [5, 5.41) is 7.46. The van der Waals surface area contributed by atoms with Crippen molar-refractivity contribution >= 4 is 5.84 Å². The quantitative estimate of drug-likeness (QED) is 0.638. The van der Waals surface area contributed by atoms with E-state index in [1.54, 1.807) is 17.7 Å². The summed E-state index contributed by atoms with van der Waals surface area (Å²) in [6.45, 7) is 0.835. The van der Waals surface area contributed by atoms with Crippen molar-refractivity contribution in [3.63, 3.8) is 0 Å². The number of rotatable bonds is 5. The highest BCUT2D eigenvalue weighted by atomic mass is 16.5. The van der Waals surface area contributed by atoms with Crippen molar-refractivity contribution < 1.29 is 4.74 Å². The molecule has 0 atom stereocenters. The Hall–Kier alpha value is -2.40. The van der Waals surface area contributed by atoms with Gasteiger partial charge < -0.3 is 15.0 Å². The van der Waals surface area contributed by atoms with Gasteiger partial charge in [-0.15, -0.1) is 0 Å². The zero-order valence-corrected chi connectivity index (χ0v) is 11.3. The SMILES string of the molecule is COCCn1c(-c2ccccc2)ccc(C(=N)N)c1=O. The van der Waals surface area contributed by atoms with Crippen LogP contribution < -0.4 is 11.3 Å². The predicted octanol–water partition coefficient (Wildman–Crippen LogP) is 1.45. The van der Waals surface area contributed by atoms with Gasteiger partial charge in [0.15, 0.2) is 0 Å². The van der Waals surface area contributed by atoms with Gasteiger partial charge in [-0.2, -0.15) is 0 Å². The molecule has 104 valence electrons. The van der Waals surface area contributed by atoms with Crippen LogP contribution in [0.3, 0.4) is 0 Å². The first-order chi connectivity index (χ1) is 9.65. The Morgan fingerprint density at radius 3 is 2.55 bits per heavy atom. The molecule has 20 heavy (non-hydrogen) atoms. The second kappa shape index (κ2) is 6.16. The number of aromatic nitrogens is 1. The summed E-state index contributed by atoms with van der Waals surface area (Å²) in [7, 11) is 1.59. The standard InChI is InChI=1S/C15H17N3O2/c1-20-10-9-18-13(11-5-3-2-4-6-11)8-7-12(14(16)17)15(18)19/h2-8H,9-10H2,1H3,(H3,16,17). The smallest absolute Gasteiger partial charge is 0.262 e. The number of methoxy groups -OCH3 is 1. The molecule has 0 aliphatic rings. The number of hydrogen-bond acceptors (Lipinski definition) is 3. The van der Waals surface area contributed by atoms with Gasteiger partial charge in [-0.25, -0.2) is 0 Å². The number of pyridine rings is 1. The third kappa shape index (κ3) is 2.78. The Bertz CT molecular complexity index is 663. The molecule has 2 rings (SSSR count). The summed E-state index contributed by atoms with van der Waals surface area (Å²) in [6, 6.07) is 13.0. The lowest BCUT2D eigenvalue weighted by molar-refractivity contribution is 0.186. The maximum absolute atomic E-state index is 12.4. The molecule has 2 aromatic rings. The molecule has 5 heteroatoms. The number of nitrogens with two attached hydrogens (primary N) is 1. The van der Waals surface area contributed by atoms with Crippen LogP contribution in [0.15, 0.2) is 47.3 Å². The van der Waals surface area contributed by atoms with E-state index in [-0.39, 0.29) is 17.0 Å². The molecule has 0 saturated heterocycles. The molecule has 0 aliphatic heterocycles. The Morgan fingerprint density at radius 2 is 1.95 bits per heavy atom. The van der Waals surface area contributed by atoms with Gasteiger partial charge in [0, 0.05) is 13.7 Å². The van der Waals surface area contributed by atoms with E-state index in [1.807, 2.05) is 36.4 Å². The van der Waals surface area contributed by atoms with Crippen LogP contribution in [-0.4, -0.2) is 24.1 Å². The number of nitrogens with zero attached hydrogens (tertiary/aromatic N) is 1. The van der Waals surface area contributed by atoms with Crippen LogP contribution >= 0.6 is 0 Å². The van der Waals surface area contributed by atoms with Crippen LogP contribution in [0.1, 0.15) is 5.56 Å². The zero-order valence-electron chi connectivity index (χ0n) is 11.3. The first kappa shape index (κ1) is 14.0. The second-order valence-electron chi connectivity index (χ2n) is 4.36. The molecule has 0 unspecified atom stereocenters. The molecule has 0 bridgehead atoms. The average Bonchev–Trinajstić information content (AvgIpc) is 2.46.